The van der Waals surface area contributed by atoms with E-state index in [1.54, 1.807) is 5.56 Å². The lowest BCUT2D eigenvalue weighted by Crippen LogP contribution is -2.30. The summed E-state index contributed by atoms with van der Waals surface area (Å²) in [7, 11) is 0. The Hall–Kier alpha value is -0.820. The number of nitrogens with one attached hydrogen (secondary N) is 1. The Balaban J connectivity index is 1.42. The molecule has 1 N–H and O–H groups in total. The van der Waals surface area contributed by atoms with E-state index in [0.717, 1.165) is 29.7 Å². The molecule has 3 aliphatic carbocycles. The van der Waals surface area contributed by atoms with Gasteiger partial charge in [0.15, 0.2) is 0 Å². The molecule has 4 rings (SSSR count). The molecule has 3 aliphatic rings. The molecule has 1 aromatic rings. The highest BCUT2D eigenvalue weighted by Gasteiger charge is 2.46. The van der Waals surface area contributed by atoms with Crippen LogP contribution >= 0.6 is 0 Å². The minimum absolute atomic E-state index is 0.864. The van der Waals surface area contributed by atoms with Crippen molar-refractivity contribution in [3.63, 3.8) is 0 Å². The van der Waals surface area contributed by atoms with Crippen molar-refractivity contribution in [2.45, 2.75) is 56.9 Å². The zero-order chi connectivity index (χ0) is 13.4. The molecule has 0 bridgehead atoms. The van der Waals surface area contributed by atoms with Crippen molar-refractivity contribution < 1.29 is 0 Å². The Morgan fingerprint density at radius 1 is 1.00 bits per heavy atom. The van der Waals surface area contributed by atoms with E-state index in [0.29, 0.717) is 0 Å². The summed E-state index contributed by atoms with van der Waals surface area (Å²) in [5.41, 5.74) is 1.59. The van der Waals surface area contributed by atoms with Gasteiger partial charge in [-0.1, -0.05) is 56.0 Å². The molecule has 1 nitrogen and oxygen atoms in total. The second-order valence-electron chi connectivity index (χ2n) is 7.31. The molecular formula is C19H27N. The Morgan fingerprint density at radius 2 is 1.75 bits per heavy atom. The summed E-state index contributed by atoms with van der Waals surface area (Å²) in [4.78, 5) is 0. The van der Waals surface area contributed by atoms with Crippen LogP contribution in [0.3, 0.4) is 0 Å². The van der Waals surface area contributed by atoms with Gasteiger partial charge in [0.1, 0.15) is 0 Å². The van der Waals surface area contributed by atoms with Crippen molar-refractivity contribution in [3.8, 4) is 0 Å². The molecule has 3 unspecified atom stereocenters. The molecule has 0 aliphatic heterocycles. The second-order valence-corrected chi connectivity index (χ2v) is 7.31. The summed E-state index contributed by atoms with van der Waals surface area (Å²) in [6.07, 6.45) is 10.2. The zero-order valence-electron chi connectivity index (χ0n) is 12.4. The molecule has 3 saturated carbocycles. The minimum atomic E-state index is 0.864. The summed E-state index contributed by atoms with van der Waals surface area (Å²) in [5, 5.41) is 3.83. The van der Waals surface area contributed by atoms with Gasteiger partial charge in [-0.05, 0) is 55.0 Å². The van der Waals surface area contributed by atoms with Crippen LogP contribution in [0.25, 0.3) is 0 Å². The van der Waals surface area contributed by atoms with Crippen LogP contribution in [0.5, 0.6) is 0 Å². The van der Waals surface area contributed by atoms with Crippen LogP contribution in [0.2, 0.25) is 0 Å². The molecule has 1 heteroatoms. The maximum absolute atomic E-state index is 3.83. The van der Waals surface area contributed by atoms with Crippen LogP contribution < -0.4 is 5.32 Å². The molecule has 0 spiro atoms. The minimum Gasteiger partial charge on any atom is -0.314 e. The highest BCUT2D eigenvalue weighted by atomic mass is 15.0. The monoisotopic (exact) mass is 269 g/mol. The molecule has 108 valence electrons. The van der Waals surface area contributed by atoms with E-state index in [4.69, 9.17) is 0 Å². The molecule has 1 aromatic carbocycles. The molecule has 3 atom stereocenters. The van der Waals surface area contributed by atoms with Crippen molar-refractivity contribution in [3.05, 3.63) is 35.9 Å². The Bertz CT molecular complexity index is 430. The third kappa shape index (κ3) is 2.79. The lowest BCUT2D eigenvalue weighted by molar-refractivity contribution is 0.283. The third-order valence-electron chi connectivity index (χ3n) is 5.84. The quantitative estimate of drug-likeness (QED) is 0.809. The van der Waals surface area contributed by atoms with Crippen LogP contribution in [-0.2, 0) is 0 Å². The largest absolute Gasteiger partial charge is 0.314 e. The van der Waals surface area contributed by atoms with Crippen LogP contribution in [0.4, 0.5) is 0 Å². The van der Waals surface area contributed by atoms with Crippen LogP contribution in [0.15, 0.2) is 30.3 Å². The smallest absolute Gasteiger partial charge is 0.00683 e. The standard InChI is InChI=1S/C19H27N/c1-2-6-14(7-3-1)17-12-18(17)19(13-20-16-10-11-16)15-8-4-5-9-15/h1-3,6-7,15-20H,4-5,8-13H2. The summed E-state index contributed by atoms with van der Waals surface area (Å²) in [6, 6.07) is 12.1. The number of hydrogen-bond acceptors (Lipinski definition) is 1. The topological polar surface area (TPSA) is 12.0 Å². The first-order valence-electron chi connectivity index (χ1n) is 8.70. The summed E-state index contributed by atoms with van der Waals surface area (Å²) in [6.45, 7) is 1.29. The van der Waals surface area contributed by atoms with Gasteiger partial charge in [0.25, 0.3) is 0 Å². The first-order valence-corrected chi connectivity index (χ1v) is 8.70. The van der Waals surface area contributed by atoms with Crippen molar-refractivity contribution in [2.75, 3.05) is 6.54 Å². The summed E-state index contributed by atoms with van der Waals surface area (Å²) in [5.74, 6) is 3.79. The highest BCUT2D eigenvalue weighted by molar-refractivity contribution is 5.26. The van der Waals surface area contributed by atoms with E-state index in [1.807, 2.05) is 0 Å². The van der Waals surface area contributed by atoms with Gasteiger partial charge in [0, 0.05) is 6.04 Å². The fraction of sp³-hybridized carbons (Fsp3) is 0.684. The fourth-order valence-corrected chi connectivity index (χ4v) is 4.41. The number of benzene rings is 1. The molecule has 0 saturated heterocycles. The highest BCUT2D eigenvalue weighted by Crippen LogP contribution is 2.55. The summed E-state index contributed by atoms with van der Waals surface area (Å²) < 4.78 is 0. The normalized spacial score (nSPS) is 31.4. The number of hydrogen-bond donors (Lipinski definition) is 1. The van der Waals surface area contributed by atoms with Crippen LogP contribution in [-0.4, -0.2) is 12.6 Å². The van der Waals surface area contributed by atoms with Gasteiger partial charge in [0.05, 0.1) is 0 Å². The Labute approximate surface area is 123 Å². The molecule has 3 fully saturated rings. The van der Waals surface area contributed by atoms with Crippen molar-refractivity contribution >= 4 is 0 Å². The van der Waals surface area contributed by atoms with Gasteiger partial charge in [-0.3, -0.25) is 0 Å². The Kier molecular flexibility index (Phi) is 3.56. The molecule has 0 radical (unpaired) electrons. The molecule has 20 heavy (non-hydrogen) atoms. The first-order chi connectivity index (χ1) is 9.92. The molecule has 0 aromatic heterocycles. The first kappa shape index (κ1) is 12.9. The predicted octanol–water partition coefficient (Wildman–Crippen LogP) is 4.35. The predicted molar refractivity (Wildman–Crippen MR) is 83.8 cm³/mol. The van der Waals surface area contributed by atoms with Gasteiger partial charge < -0.3 is 5.32 Å². The van der Waals surface area contributed by atoms with Gasteiger partial charge >= 0.3 is 0 Å². The van der Waals surface area contributed by atoms with Crippen LogP contribution in [0.1, 0.15) is 56.4 Å². The molecule has 0 heterocycles. The Morgan fingerprint density at radius 3 is 2.45 bits per heavy atom. The van der Waals surface area contributed by atoms with Crippen LogP contribution in [0, 0.1) is 17.8 Å². The molecular weight excluding hydrogens is 242 g/mol. The van der Waals surface area contributed by atoms with Gasteiger partial charge in [0.2, 0.25) is 0 Å². The fourth-order valence-electron chi connectivity index (χ4n) is 4.41. The van der Waals surface area contributed by atoms with Gasteiger partial charge in [-0.2, -0.15) is 0 Å². The number of rotatable bonds is 6. The third-order valence-corrected chi connectivity index (χ3v) is 5.84. The SMILES string of the molecule is c1ccc(C2CC2C(CNC2CC2)C2CCCC2)cc1. The maximum atomic E-state index is 3.83. The van der Waals surface area contributed by atoms with E-state index in [1.165, 1.54) is 51.5 Å². The zero-order valence-corrected chi connectivity index (χ0v) is 12.4. The van der Waals surface area contributed by atoms with E-state index >= 15 is 0 Å². The van der Waals surface area contributed by atoms with Gasteiger partial charge in [-0.15, -0.1) is 0 Å². The van der Waals surface area contributed by atoms with E-state index in [-0.39, 0.29) is 0 Å². The lowest BCUT2D eigenvalue weighted by atomic mass is 9.85. The van der Waals surface area contributed by atoms with Crippen molar-refractivity contribution in [1.29, 1.82) is 0 Å². The average molecular weight is 269 g/mol. The van der Waals surface area contributed by atoms with Crippen molar-refractivity contribution in [2.24, 2.45) is 17.8 Å². The lowest BCUT2D eigenvalue weighted by Gasteiger charge is -2.24. The molecule has 0 amide bonds. The van der Waals surface area contributed by atoms with Crippen molar-refractivity contribution in [1.82, 2.24) is 5.32 Å². The second kappa shape index (κ2) is 5.52. The maximum Gasteiger partial charge on any atom is 0.00683 e. The van der Waals surface area contributed by atoms with E-state index in [2.05, 4.69) is 35.6 Å². The average Bonchev–Trinajstić information content (AvgIpc) is 3.40. The van der Waals surface area contributed by atoms with E-state index < -0.39 is 0 Å². The van der Waals surface area contributed by atoms with E-state index in [9.17, 15) is 0 Å². The summed E-state index contributed by atoms with van der Waals surface area (Å²) >= 11 is 0. The van der Waals surface area contributed by atoms with Gasteiger partial charge in [-0.25, -0.2) is 0 Å².